The number of benzene rings is 1. The normalized spacial score (nSPS) is 19.1. The van der Waals surface area contributed by atoms with Crippen LogP contribution >= 0.6 is 11.3 Å². The van der Waals surface area contributed by atoms with E-state index >= 15 is 0 Å². The molecule has 2 N–H and O–H groups in total. The van der Waals surface area contributed by atoms with Crippen LogP contribution in [0.5, 0.6) is 0 Å². The van der Waals surface area contributed by atoms with E-state index in [0.29, 0.717) is 24.4 Å². The number of nitrogens with one attached hydrogen (secondary N) is 2. The van der Waals surface area contributed by atoms with Crippen LogP contribution in [0.25, 0.3) is 0 Å². The Kier molecular flexibility index (Phi) is 6.47. The van der Waals surface area contributed by atoms with Crippen LogP contribution in [0.4, 0.5) is 5.69 Å². The number of amides is 3. The zero-order chi connectivity index (χ0) is 20.9. The summed E-state index contributed by atoms with van der Waals surface area (Å²) in [6.07, 6.45) is 5.68. The van der Waals surface area contributed by atoms with Crippen molar-refractivity contribution in [1.82, 2.24) is 10.2 Å². The van der Waals surface area contributed by atoms with Crippen molar-refractivity contribution in [2.24, 2.45) is 5.92 Å². The Morgan fingerprint density at radius 3 is 2.60 bits per heavy atom. The van der Waals surface area contributed by atoms with Gasteiger partial charge in [-0.15, -0.1) is 11.3 Å². The second-order valence-electron chi connectivity index (χ2n) is 8.02. The summed E-state index contributed by atoms with van der Waals surface area (Å²) in [6.45, 7) is 0.973. The topological polar surface area (TPSA) is 78.5 Å². The zero-order valence-corrected chi connectivity index (χ0v) is 17.7. The van der Waals surface area contributed by atoms with Gasteiger partial charge >= 0.3 is 0 Å². The molecular weight excluding hydrogens is 398 g/mol. The minimum atomic E-state index is -0.426. The van der Waals surface area contributed by atoms with Crippen LogP contribution in [-0.4, -0.2) is 35.2 Å². The second-order valence-corrected chi connectivity index (χ2v) is 8.97. The molecule has 2 aliphatic rings. The molecule has 0 unspecified atom stereocenters. The molecule has 1 aromatic carbocycles. The maximum atomic E-state index is 12.8. The lowest BCUT2D eigenvalue weighted by Gasteiger charge is -2.23. The summed E-state index contributed by atoms with van der Waals surface area (Å²) in [5.41, 5.74) is 1.68. The molecule has 1 aliphatic heterocycles. The standard InChI is InChI=1S/C23H27N3O3S/c27-21(17-7-1-2-8-17)25-18-9-3-6-16(14-18)15-24-22(28)19-10-4-12-26(19)23(29)20-11-5-13-30-20/h3,5-6,9,11,13-14,17,19H,1-2,4,7-8,10,12,15H2,(H,24,28)(H,25,27)/t19-/m0/s1. The molecule has 1 atom stereocenters. The highest BCUT2D eigenvalue weighted by Gasteiger charge is 2.34. The van der Waals surface area contributed by atoms with Gasteiger partial charge < -0.3 is 15.5 Å². The highest BCUT2D eigenvalue weighted by molar-refractivity contribution is 7.12. The van der Waals surface area contributed by atoms with Gasteiger partial charge in [0.05, 0.1) is 4.88 Å². The Labute approximate surface area is 180 Å². The molecule has 3 amide bonds. The van der Waals surface area contributed by atoms with Crippen LogP contribution in [0.2, 0.25) is 0 Å². The monoisotopic (exact) mass is 425 g/mol. The van der Waals surface area contributed by atoms with E-state index in [1.807, 2.05) is 35.7 Å². The average Bonchev–Trinajstić information content (AvgIpc) is 3.53. The van der Waals surface area contributed by atoms with Gasteiger partial charge in [0.25, 0.3) is 5.91 Å². The highest BCUT2D eigenvalue weighted by atomic mass is 32.1. The van der Waals surface area contributed by atoms with Crippen molar-refractivity contribution < 1.29 is 14.4 Å². The molecule has 1 saturated heterocycles. The van der Waals surface area contributed by atoms with Gasteiger partial charge in [-0.25, -0.2) is 0 Å². The van der Waals surface area contributed by atoms with Gasteiger partial charge in [-0.1, -0.05) is 31.0 Å². The number of carbonyl (C=O) groups excluding carboxylic acids is 3. The molecule has 1 aliphatic carbocycles. The smallest absolute Gasteiger partial charge is 0.264 e. The Hall–Kier alpha value is -2.67. The molecular formula is C23H27N3O3S. The molecule has 1 aromatic heterocycles. The number of thiophene rings is 1. The molecule has 0 radical (unpaired) electrons. The third-order valence-electron chi connectivity index (χ3n) is 5.94. The van der Waals surface area contributed by atoms with Gasteiger partial charge in [0.1, 0.15) is 6.04 Å². The van der Waals surface area contributed by atoms with Crippen LogP contribution in [-0.2, 0) is 16.1 Å². The van der Waals surface area contributed by atoms with Gasteiger partial charge in [0.15, 0.2) is 0 Å². The van der Waals surface area contributed by atoms with E-state index in [1.165, 1.54) is 11.3 Å². The van der Waals surface area contributed by atoms with E-state index in [2.05, 4.69) is 10.6 Å². The van der Waals surface area contributed by atoms with E-state index in [9.17, 15) is 14.4 Å². The van der Waals surface area contributed by atoms with E-state index in [4.69, 9.17) is 0 Å². The molecule has 2 fully saturated rings. The van der Waals surface area contributed by atoms with Gasteiger partial charge in [-0.05, 0) is 54.8 Å². The maximum absolute atomic E-state index is 12.8. The number of carbonyl (C=O) groups is 3. The molecule has 7 heteroatoms. The first kappa shape index (κ1) is 20.6. The first-order chi connectivity index (χ1) is 14.6. The Bertz CT molecular complexity index is 906. The van der Waals surface area contributed by atoms with Crippen LogP contribution in [0.3, 0.4) is 0 Å². The summed E-state index contributed by atoms with van der Waals surface area (Å²) in [6, 6.07) is 10.8. The summed E-state index contributed by atoms with van der Waals surface area (Å²) in [7, 11) is 0. The number of rotatable bonds is 6. The van der Waals surface area contributed by atoms with Gasteiger partial charge in [-0.2, -0.15) is 0 Å². The van der Waals surface area contributed by atoms with E-state index in [0.717, 1.165) is 43.4 Å². The van der Waals surface area contributed by atoms with Crippen molar-refractivity contribution in [2.45, 2.75) is 51.1 Å². The molecule has 1 saturated carbocycles. The quantitative estimate of drug-likeness (QED) is 0.739. The summed E-state index contributed by atoms with van der Waals surface area (Å²) < 4.78 is 0. The predicted octanol–water partition coefficient (Wildman–Crippen LogP) is 3.80. The predicted molar refractivity (Wildman–Crippen MR) is 117 cm³/mol. The summed E-state index contributed by atoms with van der Waals surface area (Å²) in [4.78, 5) is 40.1. The molecule has 0 bridgehead atoms. The molecule has 0 spiro atoms. The summed E-state index contributed by atoms with van der Waals surface area (Å²) in [5, 5.41) is 7.84. The molecule has 2 heterocycles. The average molecular weight is 426 g/mol. The van der Waals surface area contributed by atoms with Crippen molar-refractivity contribution in [3.05, 3.63) is 52.2 Å². The van der Waals surface area contributed by atoms with Crippen molar-refractivity contribution in [3.8, 4) is 0 Å². The Morgan fingerprint density at radius 2 is 1.83 bits per heavy atom. The van der Waals surface area contributed by atoms with Crippen molar-refractivity contribution in [3.63, 3.8) is 0 Å². The number of likely N-dealkylation sites (tertiary alicyclic amines) is 1. The van der Waals surface area contributed by atoms with Gasteiger partial charge in [-0.3, -0.25) is 14.4 Å². The fourth-order valence-electron chi connectivity index (χ4n) is 4.32. The molecule has 2 aromatic rings. The minimum absolute atomic E-state index is 0.0701. The van der Waals surface area contributed by atoms with Crippen molar-refractivity contribution in [2.75, 3.05) is 11.9 Å². The SMILES string of the molecule is O=C(Nc1cccc(CNC(=O)[C@@H]2CCCN2C(=O)c2cccs2)c1)C1CCCC1. The maximum Gasteiger partial charge on any atom is 0.264 e. The summed E-state index contributed by atoms with van der Waals surface area (Å²) >= 11 is 1.40. The number of anilines is 1. The molecule has 6 nitrogen and oxygen atoms in total. The highest BCUT2D eigenvalue weighted by Crippen LogP contribution is 2.26. The van der Waals surface area contributed by atoms with E-state index < -0.39 is 6.04 Å². The lowest BCUT2D eigenvalue weighted by atomic mass is 10.1. The van der Waals surface area contributed by atoms with Crippen molar-refractivity contribution in [1.29, 1.82) is 0 Å². The largest absolute Gasteiger partial charge is 0.350 e. The lowest BCUT2D eigenvalue weighted by Crippen LogP contribution is -2.45. The fourth-order valence-corrected chi connectivity index (χ4v) is 5.00. The van der Waals surface area contributed by atoms with E-state index in [1.54, 1.807) is 11.0 Å². The van der Waals surface area contributed by atoms with Crippen LogP contribution in [0.15, 0.2) is 41.8 Å². The lowest BCUT2D eigenvalue weighted by molar-refractivity contribution is -0.125. The van der Waals surface area contributed by atoms with Gasteiger partial charge in [0.2, 0.25) is 11.8 Å². The zero-order valence-electron chi connectivity index (χ0n) is 16.9. The number of hydrogen-bond donors (Lipinski definition) is 2. The molecule has 4 rings (SSSR count). The van der Waals surface area contributed by atoms with Crippen LogP contribution in [0.1, 0.15) is 53.8 Å². The molecule has 30 heavy (non-hydrogen) atoms. The Balaban J connectivity index is 1.33. The Morgan fingerprint density at radius 1 is 1.00 bits per heavy atom. The minimum Gasteiger partial charge on any atom is -0.350 e. The van der Waals surface area contributed by atoms with Crippen molar-refractivity contribution >= 4 is 34.7 Å². The third kappa shape index (κ3) is 4.73. The summed E-state index contributed by atoms with van der Waals surface area (Å²) in [5.74, 6) is 0.00189. The third-order valence-corrected chi connectivity index (χ3v) is 6.79. The van der Waals surface area contributed by atoms with Gasteiger partial charge in [0, 0.05) is 24.7 Å². The van der Waals surface area contributed by atoms with Crippen LogP contribution < -0.4 is 10.6 Å². The number of hydrogen-bond acceptors (Lipinski definition) is 4. The number of nitrogens with zero attached hydrogens (tertiary/aromatic N) is 1. The van der Waals surface area contributed by atoms with E-state index in [-0.39, 0.29) is 23.6 Å². The second kappa shape index (κ2) is 9.43. The van der Waals surface area contributed by atoms with Crippen LogP contribution in [0, 0.1) is 5.92 Å². The fraction of sp³-hybridized carbons (Fsp3) is 0.435. The molecule has 158 valence electrons. The first-order valence-corrected chi connectivity index (χ1v) is 11.5. The first-order valence-electron chi connectivity index (χ1n) is 10.6.